The van der Waals surface area contributed by atoms with E-state index >= 15 is 0 Å². The van der Waals surface area contributed by atoms with Gasteiger partial charge in [-0.15, -0.1) is 0 Å². The van der Waals surface area contributed by atoms with Gasteiger partial charge in [0.2, 0.25) is 0 Å². The maximum Gasteiger partial charge on any atom is 0.316 e. The number of hydrogen-bond donors (Lipinski definition) is 5. The van der Waals surface area contributed by atoms with E-state index in [9.17, 15) is 4.79 Å². The van der Waals surface area contributed by atoms with Crippen molar-refractivity contribution < 1.29 is 15.1 Å². The van der Waals surface area contributed by atoms with Gasteiger partial charge in [-0.25, -0.2) is 10.7 Å². The smallest absolute Gasteiger partial charge is 0.316 e. The molecule has 24 heavy (non-hydrogen) atoms. The first kappa shape index (κ1) is 20.0. The molecule has 0 radical (unpaired) electrons. The molecule has 1 atom stereocenters. The van der Waals surface area contributed by atoms with Crippen LogP contribution in [0, 0.1) is 0 Å². The number of aliphatic hydroxyl groups excluding tert-OH is 1. The number of carbonyl (C=O) groups is 1. The number of allylic oxidation sites excluding steroid dienone is 2. The zero-order valence-corrected chi connectivity index (χ0v) is 14.7. The molecule has 0 heterocycles. The van der Waals surface area contributed by atoms with Crippen molar-refractivity contribution in [2.75, 3.05) is 5.32 Å². The molecule has 0 saturated carbocycles. The molecule has 0 aromatic heterocycles. The van der Waals surface area contributed by atoms with E-state index < -0.39 is 6.03 Å². The van der Waals surface area contributed by atoms with E-state index in [-0.39, 0.29) is 0 Å². The number of hydrogen-bond acceptors (Lipinski definition) is 4. The Kier molecular flexibility index (Phi) is 7.74. The van der Waals surface area contributed by atoms with Gasteiger partial charge in [0, 0.05) is 5.69 Å². The first-order valence-corrected chi connectivity index (χ1v) is 8.25. The predicted octanol–water partition coefficient (Wildman–Crippen LogP) is 3.52. The van der Waals surface area contributed by atoms with Gasteiger partial charge in [-0.05, 0) is 74.1 Å². The number of amides is 2. The lowest BCUT2D eigenvalue weighted by Crippen LogP contribution is -2.21. The highest BCUT2D eigenvalue weighted by atomic mass is 16.4. The Morgan fingerprint density at radius 2 is 1.92 bits per heavy atom. The van der Waals surface area contributed by atoms with Crippen molar-refractivity contribution in [1.82, 2.24) is 0 Å². The third kappa shape index (κ3) is 4.72. The lowest BCUT2D eigenvalue weighted by Gasteiger charge is -2.17. The summed E-state index contributed by atoms with van der Waals surface area (Å²) < 4.78 is 0. The van der Waals surface area contributed by atoms with Gasteiger partial charge in [-0.1, -0.05) is 19.1 Å². The molecule has 7 N–H and O–H groups in total. The lowest BCUT2D eigenvalue weighted by atomic mass is 9.95. The fraction of sp³-hybridized carbons (Fsp3) is 0.500. The molecule has 3 rings (SSSR count). The topological polar surface area (TPSA) is 122 Å². The summed E-state index contributed by atoms with van der Waals surface area (Å²) in [5.41, 5.74) is 11.8. The number of rotatable bonds is 1. The van der Waals surface area contributed by atoms with Gasteiger partial charge in [0.25, 0.3) is 0 Å². The summed E-state index contributed by atoms with van der Waals surface area (Å²) in [5.74, 6) is 4.42. The Hall–Kier alpha value is -2.05. The molecule has 6 heteroatoms. The van der Waals surface area contributed by atoms with Gasteiger partial charge in [0.15, 0.2) is 0 Å². The summed E-state index contributed by atoms with van der Waals surface area (Å²) in [7, 11) is 0. The third-order valence-electron chi connectivity index (χ3n) is 4.53. The molecule has 0 saturated heterocycles. The van der Waals surface area contributed by atoms with Gasteiger partial charge in [0.05, 0.1) is 5.76 Å². The highest BCUT2D eigenvalue weighted by molar-refractivity contribution is 5.91. The van der Waals surface area contributed by atoms with Gasteiger partial charge in [-0.3, -0.25) is 0 Å². The Balaban J connectivity index is 0.000000356. The predicted molar refractivity (Wildman–Crippen MR) is 96.4 cm³/mol. The molecular formula is C18H29N3O3. The fourth-order valence-electron chi connectivity index (χ4n) is 3.38. The molecule has 2 amide bonds. The van der Waals surface area contributed by atoms with Crippen molar-refractivity contribution in [2.24, 2.45) is 11.6 Å². The number of aryl methyl sites for hydroxylation is 2. The summed E-state index contributed by atoms with van der Waals surface area (Å²) in [6.07, 6.45) is 7.37. The standard InChI is InChI=1S/C14H18N2O.C4H8O.H3NO/c1-8-5-6-10-7-9-3-2-4-11(9)13(12(8)10)16-14(15)17;1-3-4(2)5;1-2/h7-8H,2-6H2,1H3,(H3,15,16,17);3,5H,1-2H3;2H,1H2/b;4-3+;. The van der Waals surface area contributed by atoms with Crippen LogP contribution in [-0.4, -0.2) is 16.3 Å². The van der Waals surface area contributed by atoms with E-state index in [0.29, 0.717) is 11.7 Å². The van der Waals surface area contributed by atoms with E-state index in [0.717, 1.165) is 24.9 Å². The summed E-state index contributed by atoms with van der Waals surface area (Å²) in [6.45, 7) is 5.66. The van der Waals surface area contributed by atoms with E-state index in [2.05, 4.69) is 24.2 Å². The number of urea groups is 1. The second-order valence-corrected chi connectivity index (χ2v) is 6.17. The summed E-state index contributed by atoms with van der Waals surface area (Å²) in [5, 5.41) is 17.6. The minimum Gasteiger partial charge on any atom is -0.513 e. The SMILES string of the molecule is C/C=C(\C)O.CC1CCc2cc3c(c(NC(N)=O)c21)CCC3.NO. The minimum atomic E-state index is -0.438. The number of primary amides is 1. The molecule has 0 fully saturated rings. The summed E-state index contributed by atoms with van der Waals surface area (Å²) in [6, 6.07) is 1.92. The maximum atomic E-state index is 11.2. The quantitative estimate of drug-likeness (QED) is 0.398. The van der Waals surface area contributed by atoms with Crippen molar-refractivity contribution >= 4 is 11.7 Å². The number of fused-ring (bicyclic) bond motifs is 2. The van der Waals surface area contributed by atoms with Crippen LogP contribution >= 0.6 is 0 Å². The van der Waals surface area contributed by atoms with Crippen LogP contribution in [0.2, 0.25) is 0 Å². The van der Waals surface area contributed by atoms with Crippen molar-refractivity contribution in [3.8, 4) is 0 Å². The second kappa shape index (κ2) is 9.30. The highest BCUT2D eigenvalue weighted by Gasteiger charge is 2.28. The molecule has 1 aromatic carbocycles. The largest absolute Gasteiger partial charge is 0.513 e. The first-order valence-electron chi connectivity index (χ1n) is 8.25. The van der Waals surface area contributed by atoms with E-state index in [1.165, 1.54) is 35.1 Å². The number of anilines is 1. The van der Waals surface area contributed by atoms with Crippen LogP contribution in [-0.2, 0) is 19.3 Å². The number of aliphatic hydroxyl groups is 1. The van der Waals surface area contributed by atoms with Gasteiger partial charge >= 0.3 is 6.03 Å². The summed E-state index contributed by atoms with van der Waals surface area (Å²) in [4.78, 5) is 11.2. The number of nitrogens with two attached hydrogens (primary N) is 2. The zero-order valence-electron chi connectivity index (χ0n) is 14.7. The van der Waals surface area contributed by atoms with Crippen LogP contribution in [0.15, 0.2) is 17.9 Å². The van der Waals surface area contributed by atoms with Crippen molar-refractivity contribution in [2.45, 2.75) is 58.8 Å². The maximum absolute atomic E-state index is 11.2. The highest BCUT2D eigenvalue weighted by Crippen LogP contribution is 2.43. The lowest BCUT2D eigenvalue weighted by molar-refractivity contribution is 0.259. The zero-order chi connectivity index (χ0) is 18.3. The molecule has 1 unspecified atom stereocenters. The molecule has 2 aliphatic carbocycles. The fourth-order valence-corrected chi connectivity index (χ4v) is 3.38. The number of nitrogens with one attached hydrogen (secondary N) is 1. The first-order chi connectivity index (χ1) is 11.4. The molecule has 134 valence electrons. The van der Waals surface area contributed by atoms with Gasteiger partial charge < -0.3 is 21.4 Å². The molecule has 2 aliphatic rings. The van der Waals surface area contributed by atoms with Crippen LogP contribution < -0.4 is 16.9 Å². The minimum absolute atomic E-state index is 0.380. The van der Waals surface area contributed by atoms with Crippen LogP contribution in [0.4, 0.5) is 10.5 Å². The number of carbonyl (C=O) groups excluding carboxylic acids is 1. The third-order valence-corrected chi connectivity index (χ3v) is 4.53. The Morgan fingerprint density at radius 3 is 2.46 bits per heavy atom. The average molecular weight is 335 g/mol. The van der Waals surface area contributed by atoms with Crippen LogP contribution in [0.5, 0.6) is 0 Å². The van der Waals surface area contributed by atoms with E-state index in [1.54, 1.807) is 19.9 Å². The Bertz CT molecular complexity index is 608. The van der Waals surface area contributed by atoms with Crippen LogP contribution in [0.25, 0.3) is 0 Å². The van der Waals surface area contributed by atoms with Gasteiger partial charge in [-0.2, -0.15) is 0 Å². The second-order valence-electron chi connectivity index (χ2n) is 6.17. The van der Waals surface area contributed by atoms with Crippen molar-refractivity contribution in [3.05, 3.63) is 40.2 Å². The molecule has 1 aromatic rings. The molecular weight excluding hydrogens is 306 g/mol. The monoisotopic (exact) mass is 335 g/mol. The molecule has 0 bridgehead atoms. The Labute approximate surface area is 143 Å². The van der Waals surface area contributed by atoms with E-state index in [4.69, 9.17) is 16.0 Å². The molecule has 0 spiro atoms. The van der Waals surface area contributed by atoms with Crippen LogP contribution in [0.1, 0.15) is 61.8 Å². The average Bonchev–Trinajstić information content (AvgIpc) is 3.16. The van der Waals surface area contributed by atoms with Crippen molar-refractivity contribution in [3.63, 3.8) is 0 Å². The van der Waals surface area contributed by atoms with Crippen molar-refractivity contribution in [1.29, 1.82) is 0 Å². The normalized spacial score (nSPS) is 17.7. The van der Waals surface area contributed by atoms with Gasteiger partial charge in [0.1, 0.15) is 0 Å². The molecule has 0 aliphatic heterocycles. The number of benzene rings is 1. The van der Waals surface area contributed by atoms with E-state index in [1.807, 2.05) is 0 Å². The summed E-state index contributed by atoms with van der Waals surface area (Å²) >= 11 is 0. The molecule has 6 nitrogen and oxygen atoms in total. The Morgan fingerprint density at radius 1 is 1.29 bits per heavy atom. The van der Waals surface area contributed by atoms with Crippen LogP contribution in [0.3, 0.4) is 0 Å².